The minimum atomic E-state index is -0.780. The summed E-state index contributed by atoms with van der Waals surface area (Å²) in [6.45, 7) is 14.9. The van der Waals surface area contributed by atoms with Crippen molar-refractivity contribution in [1.82, 2.24) is 4.90 Å². The number of esters is 1. The third kappa shape index (κ3) is 5.74. The van der Waals surface area contributed by atoms with Gasteiger partial charge in [-0.3, -0.25) is 4.90 Å². The van der Waals surface area contributed by atoms with Gasteiger partial charge < -0.3 is 18.8 Å². The predicted octanol–water partition coefficient (Wildman–Crippen LogP) is 2.97. The molecule has 1 amide bonds. The zero-order valence-electron chi connectivity index (χ0n) is 17.4. The molecule has 1 heterocycles. The highest BCUT2D eigenvalue weighted by Crippen LogP contribution is 2.36. The molecule has 1 fully saturated rings. The van der Waals surface area contributed by atoms with Crippen LogP contribution in [0.25, 0.3) is 0 Å². The summed E-state index contributed by atoms with van der Waals surface area (Å²) in [4.78, 5) is 25.6. The van der Waals surface area contributed by atoms with Gasteiger partial charge in [-0.15, -0.1) is 0 Å². The van der Waals surface area contributed by atoms with Crippen molar-refractivity contribution in [3.8, 4) is 0 Å². The number of hydrogen-bond acceptors (Lipinski definition) is 6. The van der Waals surface area contributed by atoms with Gasteiger partial charge >= 0.3 is 19.2 Å². The van der Waals surface area contributed by atoms with Crippen LogP contribution in [0.4, 0.5) is 4.79 Å². The van der Waals surface area contributed by atoms with Crippen LogP contribution in [0.1, 0.15) is 55.4 Å². The molecular formula is C18H32BNO6. The summed E-state index contributed by atoms with van der Waals surface area (Å²) in [5.41, 5.74) is -1.54. The van der Waals surface area contributed by atoms with Gasteiger partial charge in [0.2, 0.25) is 0 Å². The van der Waals surface area contributed by atoms with Crippen molar-refractivity contribution in [3.05, 3.63) is 12.1 Å². The smallest absolute Gasteiger partial charge is 0.467 e. The molecular weight excluding hydrogens is 337 g/mol. The maximum Gasteiger partial charge on any atom is 0.486 e. The van der Waals surface area contributed by atoms with Gasteiger partial charge in [-0.25, -0.2) is 9.59 Å². The minimum Gasteiger partial charge on any atom is -0.467 e. The fourth-order valence-electron chi connectivity index (χ4n) is 2.26. The Labute approximate surface area is 157 Å². The first-order chi connectivity index (χ1) is 11.7. The van der Waals surface area contributed by atoms with Gasteiger partial charge in [0.15, 0.2) is 0 Å². The number of ether oxygens (including phenoxy) is 2. The molecule has 26 heavy (non-hydrogen) atoms. The average Bonchev–Trinajstić information content (AvgIpc) is 2.67. The molecule has 0 unspecified atom stereocenters. The average molecular weight is 369 g/mol. The van der Waals surface area contributed by atoms with E-state index >= 15 is 0 Å². The van der Waals surface area contributed by atoms with Crippen LogP contribution in [0.5, 0.6) is 0 Å². The molecule has 0 N–H and O–H groups in total. The molecule has 1 saturated heterocycles. The highest BCUT2D eigenvalue weighted by molar-refractivity contribution is 6.51. The molecule has 0 radical (unpaired) electrons. The first kappa shape index (κ1) is 22.5. The first-order valence-corrected chi connectivity index (χ1v) is 8.80. The Morgan fingerprint density at radius 3 is 2.08 bits per heavy atom. The summed E-state index contributed by atoms with van der Waals surface area (Å²) >= 11 is 0. The molecule has 1 aliphatic heterocycles. The van der Waals surface area contributed by atoms with E-state index in [-0.39, 0.29) is 6.54 Å². The Morgan fingerprint density at radius 2 is 1.65 bits per heavy atom. The van der Waals surface area contributed by atoms with E-state index in [0.717, 1.165) is 0 Å². The Hall–Kier alpha value is -1.54. The largest absolute Gasteiger partial charge is 0.486 e. The summed E-state index contributed by atoms with van der Waals surface area (Å²) in [6, 6.07) is -0.780. The summed E-state index contributed by atoms with van der Waals surface area (Å²) < 4.78 is 21.9. The fraction of sp³-hybridized carbons (Fsp3) is 0.778. The van der Waals surface area contributed by atoms with E-state index in [4.69, 9.17) is 18.8 Å². The van der Waals surface area contributed by atoms with Crippen molar-refractivity contribution in [2.75, 3.05) is 13.7 Å². The number of carbonyl (C=O) groups is 2. The van der Waals surface area contributed by atoms with Crippen molar-refractivity contribution >= 4 is 19.2 Å². The Kier molecular flexibility index (Phi) is 6.93. The lowest BCUT2D eigenvalue weighted by molar-refractivity contribution is -0.145. The first-order valence-electron chi connectivity index (χ1n) is 8.80. The van der Waals surface area contributed by atoms with E-state index in [2.05, 4.69) is 0 Å². The normalized spacial score (nSPS) is 20.1. The van der Waals surface area contributed by atoms with Gasteiger partial charge in [0, 0.05) is 6.54 Å². The molecule has 0 bridgehead atoms. The molecule has 148 valence electrons. The van der Waals surface area contributed by atoms with Gasteiger partial charge in [0.05, 0.1) is 18.3 Å². The van der Waals surface area contributed by atoms with Crippen LogP contribution < -0.4 is 0 Å². The van der Waals surface area contributed by atoms with Crippen molar-refractivity contribution in [3.63, 3.8) is 0 Å². The van der Waals surface area contributed by atoms with E-state index in [1.54, 1.807) is 39.7 Å². The lowest BCUT2D eigenvalue weighted by atomic mass is 9.90. The van der Waals surface area contributed by atoms with Crippen molar-refractivity contribution in [1.29, 1.82) is 0 Å². The fourth-order valence-corrected chi connectivity index (χ4v) is 2.26. The number of hydrogen-bond donors (Lipinski definition) is 0. The Bertz CT molecular complexity index is 536. The third-order valence-corrected chi connectivity index (χ3v) is 4.50. The minimum absolute atomic E-state index is 0.162. The van der Waals surface area contributed by atoms with Crippen molar-refractivity contribution < 1.29 is 28.4 Å². The molecule has 0 aromatic carbocycles. The SMILES string of the molecule is COC(=O)[C@H](C)N(C/C=C/B1OC(C)(C)C(C)(C)O1)C(=O)OC(C)(C)C. The number of rotatable bonds is 5. The van der Waals surface area contributed by atoms with Crippen molar-refractivity contribution in [2.24, 2.45) is 0 Å². The molecule has 1 rings (SSSR count). The lowest BCUT2D eigenvalue weighted by Crippen LogP contribution is -2.46. The number of nitrogens with zero attached hydrogens (tertiary/aromatic N) is 1. The summed E-state index contributed by atoms with van der Waals surface area (Å²) in [5.74, 6) is 1.22. The molecule has 8 heteroatoms. The van der Waals surface area contributed by atoms with E-state index in [1.165, 1.54) is 12.0 Å². The van der Waals surface area contributed by atoms with Crippen LogP contribution in [0.2, 0.25) is 0 Å². The zero-order chi connectivity index (χ0) is 20.3. The van der Waals surface area contributed by atoms with Crippen LogP contribution in [-0.2, 0) is 23.6 Å². The molecule has 0 aromatic heterocycles. The molecule has 0 saturated carbocycles. The topological polar surface area (TPSA) is 74.3 Å². The molecule has 1 aliphatic rings. The molecule has 0 spiro atoms. The van der Waals surface area contributed by atoms with E-state index in [1.807, 2.05) is 27.7 Å². The van der Waals surface area contributed by atoms with Crippen LogP contribution in [0, 0.1) is 0 Å². The number of methoxy groups -OCH3 is 1. The predicted molar refractivity (Wildman–Crippen MR) is 99.6 cm³/mol. The molecule has 0 aliphatic carbocycles. The maximum absolute atomic E-state index is 12.5. The van der Waals surface area contributed by atoms with Crippen molar-refractivity contribution in [2.45, 2.75) is 78.2 Å². The standard InChI is InChI=1S/C18H32BNO6/c1-13(14(21)23-9)20(15(22)24-16(2,3)4)12-10-11-19-25-17(5,6)18(7,8)26-19/h10-11,13H,12H2,1-9H3/b11-10+/t13-/m0/s1. The zero-order valence-corrected chi connectivity index (χ0v) is 17.4. The van der Waals surface area contributed by atoms with Gasteiger partial charge in [-0.05, 0) is 55.4 Å². The monoisotopic (exact) mass is 369 g/mol. The molecule has 7 nitrogen and oxygen atoms in total. The van der Waals surface area contributed by atoms with E-state index in [0.29, 0.717) is 0 Å². The Morgan fingerprint density at radius 1 is 1.15 bits per heavy atom. The van der Waals surface area contributed by atoms with Gasteiger partial charge in [-0.1, -0.05) is 12.1 Å². The van der Waals surface area contributed by atoms with Crippen LogP contribution in [-0.4, -0.2) is 60.6 Å². The molecule has 1 atom stereocenters. The van der Waals surface area contributed by atoms with E-state index in [9.17, 15) is 9.59 Å². The summed E-state index contributed by atoms with van der Waals surface area (Å²) in [7, 11) is 0.765. The second kappa shape index (κ2) is 8.00. The lowest BCUT2D eigenvalue weighted by Gasteiger charge is -2.32. The summed E-state index contributed by atoms with van der Waals surface area (Å²) in [5, 5.41) is 0. The second-order valence-corrected chi connectivity index (χ2v) is 8.38. The second-order valence-electron chi connectivity index (χ2n) is 8.38. The highest BCUT2D eigenvalue weighted by Gasteiger charge is 2.50. The van der Waals surface area contributed by atoms with E-state index < -0.39 is 42.0 Å². The number of amides is 1. The number of carbonyl (C=O) groups excluding carboxylic acids is 2. The third-order valence-electron chi connectivity index (χ3n) is 4.50. The molecule has 0 aromatic rings. The van der Waals surface area contributed by atoms with Crippen LogP contribution in [0.15, 0.2) is 12.1 Å². The maximum atomic E-state index is 12.5. The summed E-state index contributed by atoms with van der Waals surface area (Å²) in [6.07, 6.45) is 1.14. The highest BCUT2D eigenvalue weighted by atomic mass is 16.7. The Balaban J connectivity index is 2.83. The van der Waals surface area contributed by atoms with Gasteiger partial charge in [0.1, 0.15) is 11.6 Å². The van der Waals surface area contributed by atoms with Gasteiger partial charge in [-0.2, -0.15) is 0 Å². The van der Waals surface area contributed by atoms with Crippen LogP contribution >= 0.6 is 0 Å². The van der Waals surface area contributed by atoms with Crippen LogP contribution in [0.3, 0.4) is 0 Å². The quantitative estimate of drug-likeness (QED) is 0.548. The van der Waals surface area contributed by atoms with Gasteiger partial charge in [0.25, 0.3) is 0 Å².